The first-order valence-electron chi connectivity index (χ1n) is 27.7. The zero-order valence-electron chi connectivity index (χ0n) is 48.4. The van der Waals surface area contributed by atoms with E-state index in [9.17, 15) is 48.3 Å². The van der Waals surface area contributed by atoms with Crippen molar-refractivity contribution in [3.8, 4) is 17.2 Å². The van der Waals surface area contributed by atoms with Gasteiger partial charge in [0.1, 0.15) is 35.4 Å². The molecular weight excluding hydrogens is 1100 g/mol. The SMILES string of the molecule is C=C/C=C(\C=C(/COC)C(=O)N[C@@H](CCCCN)C(=O)Nc1ccc(OCC(=O)O)c(C(=O)N[C@@H](CCCCN)C(=O)Nc2ccc(OC)c(C(N)=O)c2)c1)NC(=O)[C@H](CCCCN)NC(=O)c1cc(NC(=O)[C@@H](N)CCCCN)ccc1OC. The number of anilines is 3. The van der Waals surface area contributed by atoms with Gasteiger partial charge in [-0.05, 0) is 164 Å². The highest BCUT2D eigenvalue weighted by Crippen LogP contribution is 2.27. The van der Waals surface area contributed by atoms with Gasteiger partial charge in [0, 0.05) is 35.4 Å². The fourth-order valence-corrected chi connectivity index (χ4v) is 8.33. The van der Waals surface area contributed by atoms with Crippen molar-refractivity contribution in [3.05, 3.63) is 107 Å². The molecule has 27 nitrogen and oxygen atoms in total. The van der Waals surface area contributed by atoms with Crippen LogP contribution in [0.1, 0.15) is 108 Å². The summed E-state index contributed by atoms with van der Waals surface area (Å²) in [5.41, 5.74) is 34.6. The third-order valence-corrected chi connectivity index (χ3v) is 12.8. The van der Waals surface area contributed by atoms with Crippen LogP contribution in [0.4, 0.5) is 17.1 Å². The highest BCUT2D eigenvalue weighted by molar-refractivity contribution is 6.06. The number of nitrogens with one attached hydrogen (secondary N) is 7. The number of benzene rings is 3. The fraction of sp³-hybridized carbons (Fsp3) is 0.431. The van der Waals surface area contributed by atoms with E-state index >= 15 is 0 Å². The first-order chi connectivity index (χ1) is 40.8. The topological polar surface area (TPSA) is 451 Å². The molecule has 0 fully saturated rings. The van der Waals surface area contributed by atoms with Gasteiger partial charge >= 0.3 is 5.97 Å². The lowest BCUT2D eigenvalue weighted by Crippen LogP contribution is -2.47. The van der Waals surface area contributed by atoms with Crippen LogP contribution in [0.3, 0.4) is 0 Å². The molecule has 464 valence electrons. The number of hydrogen-bond donors (Lipinski definition) is 14. The second-order valence-corrected chi connectivity index (χ2v) is 19.3. The molecule has 0 aromatic heterocycles. The van der Waals surface area contributed by atoms with Crippen LogP contribution >= 0.6 is 0 Å². The van der Waals surface area contributed by atoms with Crippen molar-refractivity contribution in [2.24, 2.45) is 34.4 Å². The minimum Gasteiger partial charge on any atom is -0.496 e. The maximum atomic E-state index is 14.2. The molecule has 3 aromatic rings. The second kappa shape index (κ2) is 38.2. The molecule has 0 bridgehead atoms. The molecule has 0 radical (unpaired) electrons. The molecule has 0 aliphatic carbocycles. The van der Waals surface area contributed by atoms with E-state index in [1.165, 1.54) is 88.1 Å². The Morgan fingerprint density at radius 2 is 0.976 bits per heavy atom. The van der Waals surface area contributed by atoms with E-state index in [2.05, 4.69) is 43.8 Å². The first kappa shape index (κ1) is 70.5. The maximum Gasteiger partial charge on any atom is 0.341 e. The summed E-state index contributed by atoms with van der Waals surface area (Å²) in [6, 6.07) is 7.94. The monoisotopic (exact) mass is 1190 g/mol. The third kappa shape index (κ3) is 24.2. The van der Waals surface area contributed by atoms with Crippen molar-refractivity contribution in [2.75, 3.05) is 76.7 Å². The van der Waals surface area contributed by atoms with Gasteiger partial charge in [-0.3, -0.25) is 38.4 Å². The van der Waals surface area contributed by atoms with E-state index < -0.39 is 84.0 Å². The Morgan fingerprint density at radius 1 is 0.553 bits per heavy atom. The molecule has 0 spiro atoms. The molecule has 0 saturated heterocycles. The lowest BCUT2D eigenvalue weighted by Gasteiger charge is -2.22. The van der Waals surface area contributed by atoms with Crippen molar-refractivity contribution in [3.63, 3.8) is 0 Å². The molecule has 8 amide bonds. The molecular formula is C58H83N13O14. The summed E-state index contributed by atoms with van der Waals surface area (Å²) in [6.45, 7) is 3.87. The Morgan fingerprint density at radius 3 is 1.42 bits per heavy atom. The highest BCUT2D eigenvalue weighted by atomic mass is 16.5. The summed E-state index contributed by atoms with van der Waals surface area (Å²) in [7, 11) is 4.02. The number of hydrogen-bond acceptors (Lipinski definition) is 18. The predicted molar refractivity (Wildman–Crippen MR) is 320 cm³/mol. The number of primary amides is 1. The number of amides is 8. The number of unbranched alkanes of at least 4 members (excludes halogenated alkanes) is 4. The Hall–Kier alpha value is -8.73. The predicted octanol–water partition coefficient (Wildman–Crippen LogP) is 1.77. The average Bonchev–Trinajstić information content (AvgIpc) is 3.59. The largest absolute Gasteiger partial charge is 0.496 e. The van der Waals surface area contributed by atoms with Crippen LogP contribution in [0.15, 0.2) is 90.7 Å². The van der Waals surface area contributed by atoms with Crippen LogP contribution in [0.5, 0.6) is 17.2 Å². The van der Waals surface area contributed by atoms with E-state index in [0.717, 1.165) is 0 Å². The van der Waals surface area contributed by atoms with Crippen LogP contribution in [-0.4, -0.2) is 143 Å². The molecule has 0 unspecified atom stereocenters. The van der Waals surface area contributed by atoms with Gasteiger partial charge in [0.25, 0.3) is 17.7 Å². The van der Waals surface area contributed by atoms with E-state index in [-0.39, 0.29) is 101 Å². The number of carbonyl (C=O) groups is 9. The van der Waals surface area contributed by atoms with Gasteiger partial charge in [0.15, 0.2) is 6.61 Å². The quantitative estimate of drug-likeness (QED) is 0.0219. The summed E-state index contributed by atoms with van der Waals surface area (Å²) in [5.74, 6) is -7.09. The summed E-state index contributed by atoms with van der Waals surface area (Å²) >= 11 is 0. The van der Waals surface area contributed by atoms with Crippen molar-refractivity contribution in [1.29, 1.82) is 0 Å². The smallest absolute Gasteiger partial charge is 0.341 e. The summed E-state index contributed by atoms with van der Waals surface area (Å²) < 4.78 is 21.5. The van der Waals surface area contributed by atoms with E-state index in [1.54, 1.807) is 6.07 Å². The minimum atomic E-state index is -1.36. The van der Waals surface area contributed by atoms with Crippen LogP contribution in [-0.2, 0) is 33.5 Å². The Balaban J connectivity index is 1.94. The van der Waals surface area contributed by atoms with Gasteiger partial charge < -0.3 is 95.7 Å². The zero-order chi connectivity index (χ0) is 62.8. The molecule has 0 aliphatic rings. The fourth-order valence-electron chi connectivity index (χ4n) is 8.33. The molecule has 3 rings (SSSR count). The third-order valence-electron chi connectivity index (χ3n) is 12.8. The van der Waals surface area contributed by atoms with Gasteiger partial charge in [-0.15, -0.1) is 0 Å². The number of nitrogens with two attached hydrogens (primary N) is 6. The van der Waals surface area contributed by atoms with Crippen molar-refractivity contribution in [1.82, 2.24) is 21.3 Å². The zero-order valence-corrected chi connectivity index (χ0v) is 48.4. The number of rotatable bonds is 40. The molecule has 3 aromatic carbocycles. The lowest BCUT2D eigenvalue weighted by atomic mass is 10.1. The van der Waals surface area contributed by atoms with Crippen LogP contribution in [0, 0.1) is 0 Å². The van der Waals surface area contributed by atoms with Gasteiger partial charge in [-0.25, -0.2) is 4.79 Å². The molecule has 0 heterocycles. The lowest BCUT2D eigenvalue weighted by molar-refractivity contribution is -0.139. The van der Waals surface area contributed by atoms with Crippen molar-refractivity contribution >= 4 is 70.3 Å². The normalized spacial score (nSPS) is 12.7. The first-order valence-corrected chi connectivity index (χ1v) is 27.7. The Kier molecular flexibility index (Phi) is 31.7. The van der Waals surface area contributed by atoms with E-state index in [0.29, 0.717) is 70.9 Å². The molecule has 0 aliphatic heterocycles. The number of carboxylic acid groups (broad SMARTS) is 1. The van der Waals surface area contributed by atoms with Crippen LogP contribution < -0.4 is 85.8 Å². The Bertz CT molecular complexity index is 2850. The van der Waals surface area contributed by atoms with E-state index in [4.69, 9.17) is 53.3 Å². The van der Waals surface area contributed by atoms with Crippen molar-refractivity contribution < 1.29 is 67.2 Å². The summed E-state index contributed by atoms with van der Waals surface area (Å²) in [5, 5.41) is 28.4. The van der Waals surface area contributed by atoms with Crippen LogP contribution in [0.25, 0.3) is 0 Å². The summed E-state index contributed by atoms with van der Waals surface area (Å²) in [4.78, 5) is 121. The number of aliphatic carboxylic acids is 1. The second-order valence-electron chi connectivity index (χ2n) is 19.3. The maximum absolute atomic E-state index is 14.2. The molecule has 20 N–H and O–H groups in total. The highest BCUT2D eigenvalue weighted by Gasteiger charge is 2.29. The number of carbonyl (C=O) groups excluding carboxylic acids is 8. The number of allylic oxidation sites excluding steroid dienone is 3. The number of carboxylic acids is 1. The molecule has 0 saturated carbocycles. The minimum absolute atomic E-state index is 0.00207. The van der Waals surface area contributed by atoms with Gasteiger partial charge in [-0.1, -0.05) is 19.1 Å². The van der Waals surface area contributed by atoms with Gasteiger partial charge in [0.05, 0.1) is 43.6 Å². The molecule has 85 heavy (non-hydrogen) atoms. The van der Waals surface area contributed by atoms with Gasteiger partial charge in [0.2, 0.25) is 29.5 Å². The number of ether oxygens (including phenoxy) is 4. The van der Waals surface area contributed by atoms with Crippen molar-refractivity contribution in [2.45, 2.75) is 101 Å². The molecule has 27 heteroatoms. The Labute approximate surface area is 494 Å². The standard InChI is InChI=1S/C58H83N13O14/c1-5-14-36(66-57(80)45(17-8-12-27-61)70-53(76)41-31-38(20-23-48(41)84-4)65-55(78)43(63)15-6-10-25-59)29-35(33-82-2)52(75)69-44(16-7-11-26-60)56(79)68-39-21-24-49(85-34-50(72)73)42(32-39)54(77)71-46(18-9-13-28-62)58(81)67-37-19-22-47(83-3)40(30-37)51(64)74/h5,14,19-24,29-32,43-46H,1,6-13,15-18,25-28,33-34,59-63H2,2-4H3,(H2,64,74)(H,65,78)(H,66,80)(H,67,81)(H,68,79)(H,69,75)(H,70,76)(H,71,77)(H,72,73)/b35-29+,36-14+/t43-,44-,45-,46-/m0/s1. The van der Waals surface area contributed by atoms with E-state index in [1.807, 2.05) is 0 Å². The van der Waals surface area contributed by atoms with Gasteiger partial charge in [-0.2, -0.15) is 0 Å². The van der Waals surface area contributed by atoms with Crippen LogP contribution in [0.2, 0.25) is 0 Å². The average molecular weight is 1190 g/mol. The molecule has 4 atom stereocenters. The number of methoxy groups -OCH3 is 3. The summed E-state index contributed by atoms with van der Waals surface area (Å²) in [6.07, 6.45) is 8.73.